The van der Waals surface area contributed by atoms with Crippen molar-refractivity contribution in [2.24, 2.45) is 0 Å². The van der Waals surface area contributed by atoms with E-state index in [4.69, 9.17) is 11.6 Å². The third kappa shape index (κ3) is 3.48. The molecule has 0 bridgehead atoms. The molecule has 148 valence electrons. The minimum atomic E-state index is 0.557. The highest BCUT2D eigenvalue weighted by atomic mass is 35.5. The van der Waals surface area contributed by atoms with Crippen molar-refractivity contribution in [2.75, 3.05) is 5.32 Å². The Morgan fingerprint density at radius 1 is 1.07 bits per heavy atom. The van der Waals surface area contributed by atoms with E-state index in [1.807, 2.05) is 49.5 Å². The smallest absolute Gasteiger partial charge is 0.102 e. The summed E-state index contributed by atoms with van der Waals surface area (Å²) >= 11 is 6.57. The summed E-state index contributed by atoms with van der Waals surface area (Å²) in [6.45, 7) is 2.51. The molecule has 1 N–H and O–H groups in total. The van der Waals surface area contributed by atoms with Crippen LogP contribution in [0.2, 0.25) is 5.02 Å². The second-order valence-corrected chi connectivity index (χ2v) is 7.23. The molecule has 4 heterocycles. The number of nitrogens with zero attached hydrogens (tertiary/aromatic N) is 7. The average molecular weight is 417 g/mol. The third-order valence-electron chi connectivity index (χ3n) is 4.71. The van der Waals surface area contributed by atoms with Gasteiger partial charge in [-0.1, -0.05) is 16.8 Å². The Balaban J connectivity index is 1.37. The van der Waals surface area contributed by atoms with Crippen molar-refractivity contribution in [2.45, 2.75) is 13.5 Å². The van der Waals surface area contributed by atoms with Gasteiger partial charge in [-0.05, 0) is 43.3 Å². The molecule has 4 aromatic heterocycles. The number of aromatic nitrogens is 7. The molecule has 30 heavy (non-hydrogen) atoms. The summed E-state index contributed by atoms with van der Waals surface area (Å²) in [5, 5.41) is 17.8. The highest BCUT2D eigenvalue weighted by Gasteiger charge is 2.11. The molecule has 0 atom stereocenters. The molecule has 0 aliphatic heterocycles. The molecule has 0 radical (unpaired) electrons. The van der Waals surface area contributed by atoms with Crippen molar-refractivity contribution < 1.29 is 0 Å². The largest absolute Gasteiger partial charge is 0.379 e. The molecule has 0 aliphatic carbocycles. The van der Waals surface area contributed by atoms with Crippen LogP contribution in [0.3, 0.4) is 0 Å². The van der Waals surface area contributed by atoms with Crippen molar-refractivity contribution in [1.29, 1.82) is 0 Å². The standard InChI is InChI=1S/C21H17ClN8/c1-14-8-16(5-7-24-14)25-11-17-13-29(28-27-17)18-2-3-20(19(22)9-18)30-21-12-23-6-4-15(21)10-26-30/h2-10,12-13H,11H2,1H3,(H,24,25). The molecule has 9 heteroatoms. The molecule has 0 saturated heterocycles. The Morgan fingerprint density at radius 3 is 2.87 bits per heavy atom. The molecule has 0 fully saturated rings. The normalized spacial score (nSPS) is 11.1. The Bertz CT molecular complexity index is 1340. The van der Waals surface area contributed by atoms with Gasteiger partial charge in [0.25, 0.3) is 0 Å². The fourth-order valence-corrected chi connectivity index (χ4v) is 3.48. The van der Waals surface area contributed by atoms with Gasteiger partial charge in [0.1, 0.15) is 5.69 Å². The first-order valence-corrected chi connectivity index (χ1v) is 9.71. The second-order valence-electron chi connectivity index (χ2n) is 6.82. The molecular weight excluding hydrogens is 400 g/mol. The molecule has 0 amide bonds. The first-order valence-electron chi connectivity index (χ1n) is 9.33. The number of halogens is 1. The number of pyridine rings is 2. The monoisotopic (exact) mass is 416 g/mol. The zero-order valence-electron chi connectivity index (χ0n) is 16.1. The summed E-state index contributed by atoms with van der Waals surface area (Å²) < 4.78 is 3.48. The summed E-state index contributed by atoms with van der Waals surface area (Å²) in [5.74, 6) is 0. The quantitative estimate of drug-likeness (QED) is 0.466. The van der Waals surface area contributed by atoms with Crippen molar-refractivity contribution in [3.8, 4) is 11.4 Å². The molecule has 0 saturated carbocycles. The Kier molecular flexibility index (Phi) is 4.61. The summed E-state index contributed by atoms with van der Waals surface area (Å²) in [6.07, 6.45) is 8.96. The zero-order valence-corrected chi connectivity index (χ0v) is 16.8. The lowest BCUT2D eigenvalue weighted by molar-refractivity contribution is 0.797. The number of hydrogen-bond donors (Lipinski definition) is 1. The SMILES string of the molecule is Cc1cc(NCc2cn(-c3ccc(-n4ncc5ccncc54)c(Cl)c3)nn2)ccn1. The molecule has 5 aromatic rings. The maximum absolute atomic E-state index is 6.57. The van der Waals surface area contributed by atoms with Crippen molar-refractivity contribution in [3.05, 3.63) is 83.8 Å². The van der Waals surface area contributed by atoms with E-state index < -0.39 is 0 Å². The number of anilines is 1. The van der Waals surface area contributed by atoms with Crippen LogP contribution in [0.15, 0.2) is 67.4 Å². The van der Waals surface area contributed by atoms with Crippen molar-refractivity contribution >= 4 is 28.2 Å². The molecule has 1 aromatic carbocycles. The zero-order chi connectivity index (χ0) is 20.5. The number of hydrogen-bond acceptors (Lipinski definition) is 6. The van der Waals surface area contributed by atoms with E-state index in [0.717, 1.165) is 39.4 Å². The van der Waals surface area contributed by atoms with Crippen molar-refractivity contribution in [3.63, 3.8) is 0 Å². The molecule has 0 unspecified atom stereocenters. The van der Waals surface area contributed by atoms with Crippen LogP contribution in [0.25, 0.3) is 22.3 Å². The third-order valence-corrected chi connectivity index (χ3v) is 5.01. The van der Waals surface area contributed by atoms with Gasteiger partial charge in [-0.25, -0.2) is 9.36 Å². The van der Waals surface area contributed by atoms with E-state index in [2.05, 4.69) is 30.7 Å². The van der Waals surface area contributed by atoms with E-state index in [1.165, 1.54) is 0 Å². The van der Waals surface area contributed by atoms with E-state index in [1.54, 1.807) is 34.2 Å². The predicted molar refractivity (Wildman–Crippen MR) is 115 cm³/mol. The van der Waals surface area contributed by atoms with E-state index >= 15 is 0 Å². The second kappa shape index (κ2) is 7.57. The molecule has 0 aliphatic rings. The molecule has 0 spiro atoms. The van der Waals surface area contributed by atoms with Gasteiger partial charge in [0, 0.05) is 29.2 Å². The lowest BCUT2D eigenvalue weighted by Crippen LogP contribution is -2.01. The van der Waals surface area contributed by atoms with Gasteiger partial charge in [-0.3, -0.25) is 9.97 Å². The van der Waals surface area contributed by atoms with Crippen LogP contribution in [0.4, 0.5) is 5.69 Å². The number of aryl methyl sites for hydroxylation is 1. The first kappa shape index (κ1) is 18.3. The first-order chi connectivity index (χ1) is 14.7. The van der Waals surface area contributed by atoms with Gasteiger partial charge in [-0.15, -0.1) is 5.10 Å². The highest BCUT2D eigenvalue weighted by molar-refractivity contribution is 6.32. The van der Waals surface area contributed by atoms with Crippen LogP contribution < -0.4 is 5.32 Å². The lowest BCUT2D eigenvalue weighted by Gasteiger charge is -2.08. The molecule has 8 nitrogen and oxygen atoms in total. The summed E-state index contributed by atoms with van der Waals surface area (Å²) in [6, 6.07) is 11.5. The summed E-state index contributed by atoms with van der Waals surface area (Å²) in [4.78, 5) is 8.37. The Hall–Kier alpha value is -3.78. The van der Waals surface area contributed by atoms with Crippen LogP contribution in [-0.4, -0.2) is 34.7 Å². The maximum Gasteiger partial charge on any atom is 0.102 e. The fourth-order valence-electron chi connectivity index (χ4n) is 3.22. The Morgan fingerprint density at radius 2 is 2.00 bits per heavy atom. The van der Waals surface area contributed by atoms with Crippen LogP contribution in [0.1, 0.15) is 11.4 Å². The van der Waals surface area contributed by atoms with Crippen LogP contribution >= 0.6 is 11.6 Å². The lowest BCUT2D eigenvalue weighted by atomic mass is 10.2. The number of fused-ring (bicyclic) bond motifs is 1. The maximum atomic E-state index is 6.57. The minimum absolute atomic E-state index is 0.557. The average Bonchev–Trinajstić information content (AvgIpc) is 3.40. The van der Waals surface area contributed by atoms with Gasteiger partial charge in [0.2, 0.25) is 0 Å². The van der Waals surface area contributed by atoms with Gasteiger partial charge >= 0.3 is 0 Å². The van der Waals surface area contributed by atoms with Crippen LogP contribution in [0.5, 0.6) is 0 Å². The highest BCUT2D eigenvalue weighted by Crippen LogP contribution is 2.26. The van der Waals surface area contributed by atoms with E-state index in [9.17, 15) is 0 Å². The number of nitrogens with one attached hydrogen (secondary N) is 1. The van der Waals surface area contributed by atoms with Gasteiger partial charge in [0.15, 0.2) is 0 Å². The number of rotatable bonds is 5. The predicted octanol–water partition coefficient (Wildman–Crippen LogP) is 3.97. The molecule has 5 rings (SSSR count). The minimum Gasteiger partial charge on any atom is -0.379 e. The van der Waals surface area contributed by atoms with E-state index in [-0.39, 0.29) is 0 Å². The molecular formula is C21H17ClN8. The van der Waals surface area contributed by atoms with Crippen molar-refractivity contribution in [1.82, 2.24) is 34.7 Å². The van der Waals surface area contributed by atoms with Gasteiger partial charge in [0.05, 0.1) is 47.0 Å². The van der Waals surface area contributed by atoms with Gasteiger partial charge in [-0.2, -0.15) is 5.10 Å². The van der Waals surface area contributed by atoms with Crippen LogP contribution in [-0.2, 0) is 6.54 Å². The summed E-state index contributed by atoms with van der Waals surface area (Å²) in [7, 11) is 0. The Labute approximate surface area is 177 Å². The number of benzene rings is 1. The van der Waals surface area contributed by atoms with Gasteiger partial charge < -0.3 is 5.32 Å². The van der Waals surface area contributed by atoms with E-state index in [0.29, 0.717) is 11.6 Å². The topological polar surface area (TPSA) is 86.3 Å². The van der Waals surface area contributed by atoms with Crippen LogP contribution in [0, 0.1) is 6.92 Å². The fraction of sp³-hybridized carbons (Fsp3) is 0.0952. The summed E-state index contributed by atoms with van der Waals surface area (Å²) in [5.41, 5.74) is 5.25.